The molecule has 0 aromatic heterocycles. The molecule has 0 unspecified atom stereocenters. The molecule has 4 rings (SSSR count). The van der Waals surface area contributed by atoms with E-state index in [9.17, 15) is 19.2 Å². The number of rotatable bonds is 10. The zero-order valence-electron chi connectivity index (χ0n) is 22.2. The van der Waals surface area contributed by atoms with Gasteiger partial charge in [-0.25, -0.2) is 9.69 Å². The minimum absolute atomic E-state index is 0.0562. The first-order chi connectivity index (χ1) is 19.2. The van der Waals surface area contributed by atoms with Gasteiger partial charge in [0.05, 0.1) is 29.6 Å². The second-order valence-corrected chi connectivity index (χ2v) is 9.51. The van der Waals surface area contributed by atoms with Crippen LogP contribution >= 0.6 is 11.6 Å². The van der Waals surface area contributed by atoms with Gasteiger partial charge in [0.1, 0.15) is 16.5 Å². The summed E-state index contributed by atoms with van der Waals surface area (Å²) in [4.78, 5) is 51.7. The van der Waals surface area contributed by atoms with Crippen LogP contribution in [0, 0.1) is 0 Å². The van der Waals surface area contributed by atoms with Gasteiger partial charge in [-0.05, 0) is 80.9 Å². The number of halogens is 1. The molecular formula is C30H28ClN3O6. The summed E-state index contributed by atoms with van der Waals surface area (Å²) in [6, 6.07) is 19.4. The number of amides is 3. The van der Waals surface area contributed by atoms with Gasteiger partial charge >= 0.3 is 5.97 Å². The number of nitrogens with one attached hydrogen (secondary N) is 2. The lowest BCUT2D eigenvalue weighted by molar-refractivity contribution is -0.120. The van der Waals surface area contributed by atoms with Crippen LogP contribution in [0.3, 0.4) is 0 Å². The Kier molecular flexibility index (Phi) is 8.86. The van der Waals surface area contributed by atoms with E-state index in [0.717, 1.165) is 4.90 Å². The number of ether oxygens (including phenoxy) is 2. The van der Waals surface area contributed by atoms with Crippen molar-refractivity contribution in [2.45, 2.75) is 33.3 Å². The molecule has 0 saturated heterocycles. The Labute approximate surface area is 236 Å². The Morgan fingerprint density at radius 3 is 2.20 bits per heavy atom. The molecule has 0 radical (unpaired) electrons. The van der Waals surface area contributed by atoms with Crippen molar-refractivity contribution < 1.29 is 28.7 Å². The third-order valence-corrected chi connectivity index (χ3v) is 6.09. The molecule has 1 aliphatic heterocycles. The van der Waals surface area contributed by atoms with E-state index in [1.165, 1.54) is 24.3 Å². The number of esters is 1. The van der Waals surface area contributed by atoms with Gasteiger partial charge in [0.2, 0.25) is 0 Å². The van der Waals surface area contributed by atoms with Crippen molar-refractivity contribution in [3.05, 3.63) is 94.7 Å². The van der Waals surface area contributed by atoms with E-state index >= 15 is 0 Å². The number of anilines is 3. The lowest BCUT2D eigenvalue weighted by atomic mass is 10.1. The Morgan fingerprint density at radius 1 is 0.900 bits per heavy atom. The van der Waals surface area contributed by atoms with Crippen molar-refractivity contribution in [3.8, 4) is 5.75 Å². The largest absolute Gasteiger partial charge is 0.489 e. The molecule has 0 aliphatic carbocycles. The maximum absolute atomic E-state index is 13.1. The molecular weight excluding hydrogens is 534 g/mol. The van der Waals surface area contributed by atoms with Crippen LogP contribution in [0.2, 0.25) is 0 Å². The minimum Gasteiger partial charge on any atom is -0.489 e. The van der Waals surface area contributed by atoms with Crippen molar-refractivity contribution in [3.63, 3.8) is 0 Å². The van der Waals surface area contributed by atoms with E-state index in [1.54, 1.807) is 42.5 Å². The van der Waals surface area contributed by atoms with Crippen molar-refractivity contribution in [1.82, 2.24) is 0 Å². The molecule has 3 aromatic rings. The minimum atomic E-state index is -0.700. The molecule has 10 heteroatoms. The fraction of sp³-hybridized carbons (Fsp3) is 0.200. The van der Waals surface area contributed by atoms with Crippen molar-refractivity contribution >= 4 is 52.4 Å². The van der Waals surface area contributed by atoms with E-state index in [-0.39, 0.29) is 28.4 Å². The lowest BCUT2D eigenvalue weighted by Crippen LogP contribution is -2.32. The summed E-state index contributed by atoms with van der Waals surface area (Å²) >= 11 is 6.23. The van der Waals surface area contributed by atoms with E-state index in [4.69, 9.17) is 21.1 Å². The van der Waals surface area contributed by atoms with Crippen molar-refractivity contribution in [2.75, 3.05) is 22.1 Å². The predicted octanol–water partition coefficient (Wildman–Crippen LogP) is 5.73. The Hall–Kier alpha value is -4.63. The second-order valence-electron chi connectivity index (χ2n) is 9.14. The van der Waals surface area contributed by atoms with Gasteiger partial charge in [-0.3, -0.25) is 14.4 Å². The SMILES string of the molecule is CCCOC(=O)c1ccc(N2C(=O)C(Cl)=C(Nc3ccc(C(=O)Nc4ccccc4OC(C)C)cc3)C2=O)cc1. The van der Waals surface area contributed by atoms with Gasteiger partial charge in [0.25, 0.3) is 17.7 Å². The first-order valence-corrected chi connectivity index (χ1v) is 13.1. The van der Waals surface area contributed by atoms with Crippen LogP contribution < -0.4 is 20.3 Å². The van der Waals surface area contributed by atoms with E-state index in [1.807, 2.05) is 26.8 Å². The van der Waals surface area contributed by atoms with Crippen LogP contribution in [0.5, 0.6) is 5.75 Å². The van der Waals surface area contributed by atoms with Gasteiger partial charge in [-0.2, -0.15) is 0 Å². The van der Waals surface area contributed by atoms with E-state index < -0.39 is 17.8 Å². The van der Waals surface area contributed by atoms with E-state index in [2.05, 4.69) is 10.6 Å². The Morgan fingerprint density at radius 2 is 1.55 bits per heavy atom. The van der Waals surface area contributed by atoms with Crippen molar-refractivity contribution in [2.24, 2.45) is 0 Å². The Bertz CT molecular complexity index is 1470. The molecule has 0 spiro atoms. The lowest BCUT2D eigenvalue weighted by Gasteiger charge is -2.16. The number of benzene rings is 3. The fourth-order valence-corrected chi connectivity index (χ4v) is 4.05. The molecule has 0 saturated carbocycles. The highest BCUT2D eigenvalue weighted by Gasteiger charge is 2.39. The number of hydrogen-bond donors (Lipinski definition) is 2. The van der Waals surface area contributed by atoms with Crippen LogP contribution in [0.1, 0.15) is 47.9 Å². The smallest absolute Gasteiger partial charge is 0.338 e. The third kappa shape index (κ3) is 6.32. The summed E-state index contributed by atoms with van der Waals surface area (Å²) < 4.78 is 10.8. The molecule has 206 valence electrons. The number of imide groups is 1. The maximum atomic E-state index is 13.1. The van der Waals surface area contributed by atoms with Gasteiger partial charge in [-0.15, -0.1) is 0 Å². The normalized spacial score (nSPS) is 13.1. The summed E-state index contributed by atoms with van der Waals surface area (Å²) in [5, 5.41) is 5.44. The van der Waals surface area contributed by atoms with Gasteiger partial charge < -0.3 is 20.1 Å². The maximum Gasteiger partial charge on any atom is 0.338 e. The molecule has 2 N–H and O–H groups in total. The fourth-order valence-electron chi connectivity index (χ4n) is 3.84. The first-order valence-electron chi connectivity index (χ1n) is 12.7. The molecule has 0 fully saturated rings. The summed E-state index contributed by atoms with van der Waals surface area (Å²) in [6.45, 7) is 5.98. The molecule has 3 aromatic carbocycles. The average Bonchev–Trinajstić information content (AvgIpc) is 3.15. The monoisotopic (exact) mass is 561 g/mol. The number of carbonyl (C=O) groups is 4. The standard InChI is InChI=1S/C30H28ClN3O6/c1-4-17-39-30(38)20-11-15-22(16-12-20)34-28(36)25(31)26(29(34)37)32-21-13-9-19(10-14-21)27(35)33-23-7-5-6-8-24(23)40-18(2)3/h5-16,18,32H,4,17H2,1-3H3,(H,33,35). The topological polar surface area (TPSA) is 114 Å². The Balaban J connectivity index is 1.43. The summed E-state index contributed by atoms with van der Waals surface area (Å²) in [7, 11) is 0. The third-order valence-electron chi connectivity index (χ3n) is 5.74. The number of para-hydroxylation sites is 2. The highest BCUT2D eigenvalue weighted by molar-refractivity contribution is 6.53. The quantitative estimate of drug-likeness (QED) is 0.240. The summed E-state index contributed by atoms with van der Waals surface area (Å²) in [6.07, 6.45) is 0.637. The van der Waals surface area contributed by atoms with Crippen LogP contribution in [0.15, 0.2) is 83.5 Å². The average molecular weight is 562 g/mol. The van der Waals surface area contributed by atoms with E-state index in [0.29, 0.717) is 41.3 Å². The van der Waals surface area contributed by atoms with Crippen LogP contribution in [-0.4, -0.2) is 36.4 Å². The highest BCUT2D eigenvalue weighted by atomic mass is 35.5. The number of carbonyl (C=O) groups excluding carboxylic acids is 4. The predicted molar refractivity (Wildman–Crippen MR) is 153 cm³/mol. The zero-order chi connectivity index (χ0) is 28.8. The molecule has 1 aliphatic rings. The van der Waals surface area contributed by atoms with Gasteiger partial charge in [-0.1, -0.05) is 30.7 Å². The van der Waals surface area contributed by atoms with Crippen LogP contribution in [-0.2, 0) is 14.3 Å². The van der Waals surface area contributed by atoms with Gasteiger partial charge in [0, 0.05) is 11.3 Å². The number of hydrogen-bond acceptors (Lipinski definition) is 7. The first kappa shape index (κ1) is 28.4. The highest BCUT2D eigenvalue weighted by Crippen LogP contribution is 2.31. The summed E-state index contributed by atoms with van der Waals surface area (Å²) in [5.41, 5.74) is 1.82. The zero-order valence-corrected chi connectivity index (χ0v) is 23.0. The molecule has 3 amide bonds. The molecule has 9 nitrogen and oxygen atoms in total. The second kappa shape index (κ2) is 12.5. The summed E-state index contributed by atoms with van der Waals surface area (Å²) in [5.74, 6) is -1.63. The molecule has 40 heavy (non-hydrogen) atoms. The van der Waals surface area contributed by atoms with Gasteiger partial charge in [0.15, 0.2) is 0 Å². The molecule has 1 heterocycles. The van der Waals surface area contributed by atoms with Crippen LogP contribution in [0.25, 0.3) is 0 Å². The number of nitrogens with zero attached hydrogens (tertiary/aromatic N) is 1. The molecule has 0 atom stereocenters. The molecule has 0 bridgehead atoms. The van der Waals surface area contributed by atoms with Crippen LogP contribution in [0.4, 0.5) is 17.1 Å². The van der Waals surface area contributed by atoms with Crippen molar-refractivity contribution in [1.29, 1.82) is 0 Å².